The molecule has 0 atom stereocenters. The molecule has 0 aliphatic carbocycles. The van der Waals surface area contributed by atoms with Gasteiger partial charge in [-0.15, -0.1) is 11.3 Å². The molecule has 1 aromatic rings. The number of nitrogens with zero attached hydrogens (tertiary/aromatic N) is 1. The van der Waals surface area contributed by atoms with Gasteiger partial charge in [-0.05, 0) is 0 Å². The lowest BCUT2D eigenvalue weighted by Gasteiger charge is -1.90. The molecule has 0 fully saturated rings. The number of anilines is 2. The normalized spacial score (nSPS) is 9.12. The molecule has 0 aliphatic rings. The van der Waals surface area contributed by atoms with Crippen molar-refractivity contribution in [2.45, 2.75) is 0 Å². The average molecular weight is 129 g/mol. The summed E-state index contributed by atoms with van der Waals surface area (Å²) >= 11 is 1.43. The van der Waals surface area contributed by atoms with Gasteiger partial charge in [0.05, 0.1) is 5.51 Å². The van der Waals surface area contributed by atoms with Crippen molar-refractivity contribution in [2.24, 2.45) is 0 Å². The molecule has 0 unspecified atom stereocenters. The van der Waals surface area contributed by atoms with Crippen molar-refractivity contribution in [3.05, 3.63) is 5.51 Å². The van der Waals surface area contributed by atoms with Crippen molar-refractivity contribution in [3.63, 3.8) is 0 Å². The first kappa shape index (κ1) is 5.37. The molecule has 1 heterocycles. The topological polar surface area (TPSA) is 50.9 Å². The van der Waals surface area contributed by atoms with E-state index in [4.69, 9.17) is 5.73 Å². The van der Waals surface area contributed by atoms with Gasteiger partial charge >= 0.3 is 0 Å². The number of rotatable bonds is 1. The second-order valence-corrected chi connectivity index (χ2v) is 2.20. The Bertz CT molecular complexity index is 172. The Kier molecular flexibility index (Phi) is 1.34. The predicted octanol–water partition coefficient (Wildman–Crippen LogP) is 0.767. The number of aromatic nitrogens is 1. The number of thiazole rings is 1. The quantitative estimate of drug-likeness (QED) is 0.588. The van der Waals surface area contributed by atoms with Crippen LogP contribution in [0.3, 0.4) is 0 Å². The first-order chi connectivity index (χ1) is 3.84. The molecule has 0 radical (unpaired) electrons. The van der Waals surface area contributed by atoms with Gasteiger partial charge in [-0.1, -0.05) is 0 Å². The Hall–Kier alpha value is -0.770. The van der Waals surface area contributed by atoms with Crippen LogP contribution >= 0.6 is 11.3 Å². The van der Waals surface area contributed by atoms with E-state index in [0.29, 0.717) is 0 Å². The molecule has 0 amide bonds. The summed E-state index contributed by atoms with van der Waals surface area (Å²) in [6.45, 7) is 0. The molecule has 1 rings (SSSR count). The van der Waals surface area contributed by atoms with Crippen molar-refractivity contribution in [2.75, 3.05) is 18.1 Å². The third-order valence-corrected chi connectivity index (χ3v) is 1.49. The number of nitrogens with two attached hydrogens (primary N) is 1. The van der Waals surface area contributed by atoms with Crippen LogP contribution in [0.25, 0.3) is 0 Å². The van der Waals surface area contributed by atoms with Gasteiger partial charge in [-0.3, -0.25) is 0 Å². The molecule has 0 aliphatic heterocycles. The molecule has 0 bridgehead atoms. The minimum absolute atomic E-state index is 0.743. The van der Waals surface area contributed by atoms with E-state index in [2.05, 4.69) is 10.3 Å². The Labute approximate surface area is 51.5 Å². The third-order valence-electron chi connectivity index (χ3n) is 0.832. The first-order valence-electron chi connectivity index (χ1n) is 2.21. The first-order valence-corrected chi connectivity index (χ1v) is 3.09. The number of hydrogen-bond acceptors (Lipinski definition) is 4. The van der Waals surface area contributed by atoms with E-state index in [1.807, 2.05) is 0 Å². The van der Waals surface area contributed by atoms with Crippen LogP contribution in [0.1, 0.15) is 0 Å². The number of nitrogens with one attached hydrogen (secondary N) is 1. The standard InChI is InChI=1S/C4H7N3S/c1-6-4-3(5)8-2-7-4/h2,6H,5H2,1H3. The minimum Gasteiger partial charge on any atom is -0.388 e. The van der Waals surface area contributed by atoms with Gasteiger partial charge in [0.2, 0.25) is 0 Å². The molecular weight excluding hydrogens is 122 g/mol. The second kappa shape index (κ2) is 2.00. The lowest BCUT2D eigenvalue weighted by molar-refractivity contribution is 1.36. The van der Waals surface area contributed by atoms with Crippen LogP contribution in [0.2, 0.25) is 0 Å². The lowest BCUT2D eigenvalue weighted by atomic mass is 10.7. The van der Waals surface area contributed by atoms with Crippen LogP contribution in [0.15, 0.2) is 5.51 Å². The molecule has 1 aromatic heterocycles. The van der Waals surface area contributed by atoms with Crippen molar-refractivity contribution in [1.29, 1.82) is 0 Å². The van der Waals surface area contributed by atoms with Crippen LogP contribution < -0.4 is 11.1 Å². The van der Waals surface area contributed by atoms with E-state index in [-0.39, 0.29) is 0 Å². The smallest absolute Gasteiger partial charge is 0.160 e. The molecule has 0 saturated carbocycles. The van der Waals surface area contributed by atoms with Gasteiger partial charge in [0, 0.05) is 7.05 Å². The van der Waals surface area contributed by atoms with Gasteiger partial charge in [0.1, 0.15) is 5.00 Å². The summed E-state index contributed by atoms with van der Waals surface area (Å²) in [6.07, 6.45) is 0. The highest BCUT2D eigenvalue weighted by Crippen LogP contribution is 2.19. The highest BCUT2D eigenvalue weighted by molar-refractivity contribution is 7.14. The maximum absolute atomic E-state index is 5.44. The van der Waals surface area contributed by atoms with E-state index in [1.165, 1.54) is 11.3 Å². The molecule has 3 N–H and O–H groups in total. The molecule has 44 valence electrons. The fraction of sp³-hybridized carbons (Fsp3) is 0.250. The van der Waals surface area contributed by atoms with E-state index >= 15 is 0 Å². The van der Waals surface area contributed by atoms with Crippen molar-refractivity contribution in [1.82, 2.24) is 4.98 Å². The van der Waals surface area contributed by atoms with Gasteiger partial charge in [0.15, 0.2) is 5.82 Å². The average Bonchev–Trinajstić information content (AvgIpc) is 2.14. The minimum atomic E-state index is 0.743. The third kappa shape index (κ3) is 0.742. The van der Waals surface area contributed by atoms with E-state index in [0.717, 1.165) is 10.8 Å². The predicted molar refractivity (Wildman–Crippen MR) is 36.1 cm³/mol. The monoisotopic (exact) mass is 129 g/mol. The van der Waals surface area contributed by atoms with Crippen LogP contribution in [-0.2, 0) is 0 Å². The van der Waals surface area contributed by atoms with Gasteiger partial charge < -0.3 is 11.1 Å². The van der Waals surface area contributed by atoms with E-state index in [9.17, 15) is 0 Å². The molecule has 8 heavy (non-hydrogen) atoms. The van der Waals surface area contributed by atoms with Crippen molar-refractivity contribution >= 4 is 22.2 Å². The van der Waals surface area contributed by atoms with E-state index < -0.39 is 0 Å². The zero-order valence-corrected chi connectivity index (χ0v) is 5.33. The highest BCUT2D eigenvalue weighted by atomic mass is 32.1. The maximum atomic E-state index is 5.44. The summed E-state index contributed by atoms with van der Waals surface area (Å²) in [5.41, 5.74) is 7.15. The summed E-state index contributed by atoms with van der Waals surface area (Å²) in [6, 6.07) is 0. The number of hydrogen-bond donors (Lipinski definition) is 2. The van der Waals surface area contributed by atoms with Crippen LogP contribution in [0.4, 0.5) is 10.8 Å². The highest BCUT2D eigenvalue weighted by Gasteiger charge is 1.94. The summed E-state index contributed by atoms with van der Waals surface area (Å²) < 4.78 is 0. The molecule has 0 aromatic carbocycles. The zero-order valence-electron chi connectivity index (χ0n) is 4.51. The summed E-state index contributed by atoms with van der Waals surface area (Å²) in [4.78, 5) is 3.92. The molecule has 0 saturated heterocycles. The zero-order chi connectivity index (χ0) is 5.98. The number of nitrogen functional groups attached to an aromatic ring is 1. The fourth-order valence-corrected chi connectivity index (χ4v) is 0.981. The van der Waals surface area contributed by atoms with Gasteiger partial charge in [-0.2, -0.15) is 0 Å². The Morgan fingerprint density at radius 2 is 2.62 bits per heavy atom. The van der Waals surface area contributed by atoms with Crippen molar-refractivity contribution in [3.8, 4) is 0 Å². The lowest BCUT2D eigenvalue weighted by Crippen LogP contribution is -1.91. The van der Waals surface area contributed by atoms with Crippen LogP contribution in [0, 0.1) is 0 Å². The SMILES string of the molecule is CNc1ncsc1N. The Morgan fingerprint density at radius 1 is 1.88 bits per heavy atom. The fourth-order valence-electron chi connectivity index (χ4n) is 0.443. The molecule has 4 heteroatoms. The summed E-state index contributed by atoms with van der Waals surface area (Å²) in [5, 5.41) is 3.59. The Balaban J connectivity index is 2.92. The summed E-state index contributed by atoms with van der Waals surface area (Å²) in [5.74, 6) is 0.773. The van der Waals surface area contributed by atoms with Crippen LogP contribution in [0.5, 0.6) is 0 Å². The summed E-state index contributed by atoms with van der Waals surface area (Å²) in [7, 11) is 1.80. The molecule has 3 nitrogen and oxygen atoms in total. The van der Waals surface area contributed by atoms with Gasteiger partial charge in [0.25, 0.3) is 0 Å². The molecule has 0 spiro atoms. The van der Waals surface area contributed by atoms with E-state index in [1.54, 1.807) is 12.6 Å². The van der Waals surface area contributed by atoms with Crippen molar-refractivity contribution < 1.29 is 0 Å². The van der Waals surface area contributed by atoms with Gasteiger partial charge in [-0.25, -0.2) is 4.98 Å². The maximum Gasteiger partial charge on any atom is 0.160 e. The molecular formula is C4H7N3S. The largest absolute Gasteiger partial charge is 0.388 e. The Morgan fingerprint density at radius 3 is 2.88 bits per heavy atom. The van der Waals surface area contributed by atoms with Crippen LogP contribution in [-0.4, -0.2) is 12.0 Å². The second-order valence-electron chi connectivity index (χ2n) is 1.32.